The van der Waals surface area contributed by atoms with E-state index in [9.17, 15) is 4.79 Å². The Bertz CT molecular complexity index is 317. The molecule has 2 aliphatic rings. The molecule has 2 saturated carbocycles. The molecule has 0 amide bonds. The summed E-state index contributed by atoms with van der Waals surface area (Å²) in [6.45, 7) is 5.23. The highest BCUT2D eigenvalue weighted by atomic mass is 16.5. The van der Waals surface area contributed by atoms with Crippen LogP contribution in [0.5, 0.6) is 0 Å². The third-order valence-electron chi connectivity index (χ3n) is 4.66. The molecule has 2 rings (SSSR count). The fraction of sp³-hybridized carbons (Fsp3) is 0.941. The molecule has 4 nitrogen and oxygen atoms in total. The average molecular weight is 297 g/mol. The molecule has 122 valence electrons. The highest BCUT2D eigenvalue weighted by Gasteiger charge is 2.29. The number of esters is 1. The van der Waals surface area contributed by atoms with Gasteiger partial charge < -0.3 is 14.8 Å². The molecular formula is C17H31NO3. The lowest BCUT2D eigenvalue weighted by Crippen LogP contribution is -2.40. The predicted octanol–water partition coefficient (Wildman–Crippen LogP) is 3.05. The van der Waals surface area contributed by atoms with Gasteiger partial charge in [0, 0.05) is 12.6 Å². The van der Waals surface area contributed by atoms with E-state index in [-0.39, 0.29) is 12.0 Å². The maximum Gasteiger partial charge on any atom is 0.323 e. The van der Waals surface area contributed by atoms with Crippen LogP contribution >= 0.6 is 0 Å². The van der Waals surface area contributed by atoms with E-state index in [1.165, 1.54) is 44.9 Å². The molecule has 1 N–H and O–H groups in total. The molecule has 3 atom stereocenters. The van der Waals surface area contributed by atoms with Crippen molar-refractivity contribution in [3.05, 3.63) is 0 Å². The zero-order valence-electron chi connectivity index (χ0n) is 13.6. The lowest BCUT2D eigenvalue weighted by Gasteiger charge is -2.29. The SMILES string of the molecule is CCOC(=O)C(CCOC1CCCC(CC)C1)NC1CC1. The molecule has 0 aromatic rings. The maximum absolute atomic E-state index is 11.9. The lowest BCUT2D eigenvalue weighted by molar-refractivity contribution is -0.146. The Kier molecular flexibility index (Phi) is 6.97. The van der Waals surface area contributed by atoms with E-state index >= 15 is 0 Å². The van der Waals surface area contributed by atoms with Gasteiger partial charge in [-0.2, -0.15) is 0 Å². The van der Waals surface area contributed by atoms with Crippen LogP contribution in [0.25, 0.3) is 0 Å². The quantitative estimate of drug-likeness (QED) is 0.665. The minimum Gasteiger partial charge on any atom is -0.465 e. The van der Waals surface area contributed by atoms with E-state index in [2.05, 4.69) is 12.2 Å². The van der Waals surface area contributed by atoms with Crippen molar-refractivity contribution in [1.82, 2.24) is 5.32 Å². The Morgan fingerprint density at radius 2 is 2.05 bits per heavy atom. The molecule has 0 aromatic carbocycles. The van der Waals surface area contributed by atoms with Crippen molar-refractivity contribution in [2.24, 2.45) is 5.92 Å². The number of ether oxygens (including phenoxy) is 2. The number of hydrogen-bond donors (Lipinski definition) is 1. The highest BCUT2D eigenvalue weighted by Crippen LogP contribution is 2.28. The van der Waals surface area contributed by atoms with Gasteiger partial charge in [0.15, 0.2) is 0 Å². The minimum absolute atomic E-state index is 0.122. The Balaban J connectivity index is 1.69. The summed E-state index contributed by atoms with van der Waals surface area (Å²) < 4.78 is 11.2. The first-order chi connectivity index (χ1) is 10.2. The third-order valence-corrected chi connectivity index (χ3v) is 4.66. The summed E-state index contributed by atoms with van der Waals surface area (Å²) in [7, 11) is 0. The molecule has 0 radical (unpaired) electrons. The first-order valence-corrected chi connectivity index (χ1v) is 8.77. The largest absolute Gasteiger partial charge is 0.465 e. The Morgan fingerprint density at radius 3 is 2.71 bits per heavy atom. The van der Waals surface area contributed by atoms with Crippen molar-refractivity contribution in [3.8, 4) is 0 Å². The summed E-state index contributed by atoms with van der Waals surface area (Å²) in [5.74, 6) is 0.706. The van der Waals surface area contributed by atoms with Crippen molar-refractivity contribution in [2.75, 3.05) is 13.2 Å². The van der Waals surface area contributed by atoms with Crippen molar-refractivity contribution in [1.29, 1.82) is 0 Å². The third kappa shape index (κ3) is 5.95. The number of nitrogens with one attached hydrogen (secondary N) is 1. The van der Waals surface area contributed by atoms with Crippen molar-refractivity contribution in [3.63, 3.8) is 0 Å². The second-order valence-electron chi connectivity index (χ2n) is 6.47. The van der Waals surface area contributed by atoms with Crippen LogP contribution < -0.4 is 5.32 Å². The summed E-state index contributed by atoms with van der Waals surface area (Å²) in [4.78, 5) is 11.9. The standard InChI is InChI=1S/C17H31NO3/c1-3-13-6-5-7-15(12-13)21-11-10-16(17(19)20-4-2)18-14-8-9-14/h13-16,18H,3-12H2,1-2H3. The van der Waals surface area contributed by atoms with Crippen LogP contribution in [0.1, 0.15) is 65.2 Å². The molecule has 2 aliphatic carbocycles. The summed E-state index contributed by atoms with van der Waals surface area (Å²) in [5.41, 5.74) is 0. The van der Waals surface area contributed by atoms with Crippen molar-refractivity contribution >= 4 is 5.97 Å². The van der Waals surface area contributed by atoms with Crippen LogP contribution in [0.3, 0.4) is 0 Å². The second kappa shape index (κ2) is 8.74. The number of carbonyl (C=O) groups excluding carboxylic acids is 1. The lowest BCUT2D eigenvalue weighted by atomic mass is 9.85. The van der Waals surface area contributed by atoms with E-state index in [0.29, 0.717) is 25.4 Å². The average Bonchev–Trinajstić information content (AvgIpc) is 3.31. The molecule has 0 bridgehead atoms. The molecule has 0 aliphatic heterocycles. The zero-order valence-corrected chi connectivity index (χ0v) is 13.6. The first kappa shape index (κ1) is 16.8. The van der Waals surface area contributed by atoms with E-state index in [0.717, 1.165) is 12.3 Å². The molecule has 3 unspecified atom stereocenters. The Labute approximate surface area is 129 Å². The van der Waals surface area contributed by atoms with Crippen LogP contribution in [0.4, 0.5) is 0 Å². The molecule has 0 aromatic heterocycles. The van der Waals surface area contributed by atoms with Gasteiger partial charge >= 0.3 is 5.97 Å². The Hall–Kier alpha value is -0.610. The van der Waals surface area contributed by atoms with Gasteiger partial charge in [-0.05, 0) is 44.9 Å². The van der Waals surface area contributed by atoms with Gasteiger partial charge in [-0.15, -0.1) is 0 Å². The van der Waals surface area contributed by atoms with Gasteiger partial charge in [0.1, 0.15) is 6.04 Å². The normalized spacial score (nSPS) is 27.3. The topological polar surface area (TPSA) is 47.6 Å². The molecule has 0 spiro atoms. The molecular weight excluding hydrogens is 266 g/mol. The van der Waals surface area contributed by atoms with Crippen molar-refractivity contribution in [2.45, 2.75) is 83.4 Å². The van der Waals surface area contributed by atoms with Gasteiger partial charge in [0.05, 0.1) is 12.7 Å². The summed E-state index contributed by atoms with van der Waals surface area (Å²) in [5, 5.41) is 3.38. The fourth-order valence-corrected chi connectivity index (χ4v) is 3.16. The summed E-state index contributed by atoms with van der Waals surface area (Å²) in [6, 6.07) is 0.321. The van der Waals surface area contributed by atoms with Gasteiger partial charge in [-0.25, -0.2) is 0 Å². The molecule has 21 heavy (non-hydrogen) atoms. The molecule has 4 heteroatoms. The highest BCUT2D eigenvalue weighted by molar-refractivity contribution is 5.75. The van der Waals surface area contributed by atoms with Crippen LogP contribution in [-0.4, -0.2) is 37.4 Å². The zero-order chi connectivity index (χ0) is 15.1. The van der Waals surface area contributed by atoms with Crippen LogP contribution in [-0.2, 0) is 14.3 Å². The maximum atomic E-state index is 11.9. The van der Waals surface area contributed by atoms with Crippen LogP contribution in [0.15, 0.2) is 0 Å². The Morgan fingerprint density at radius 1 is 1.24 bits per heavy atom. The minimum atomic E-state index is -0.192. The van der Waals surface area contributed by atoms with E-state index in [1.54, 1.807) is 0 Å². The van der Waals surface area contributed by atoms with E-state index in [1.807, 2.05) is 6.92 Å². The number of hydrogen-bond acceptors (Lipinski definition) is 4. The van der Waals surface area contributed by atoms with Crippen LogP contribution in [0, 0.1) is 5.92 Å². The van der Waals surface area contributed by atoms with E-state index < -0.39 is 0 Å². The second-order valence-corrected chi connectivity index (χ2v) is 6.47. The molecule has 0 saturated heterocycles. The number of rotatable bonds is 9. The fourth-order valence-electron chi connectivity index (χ4n) is 3.16. The first-order valence-electron chi connectivity index (χ1n) is 8.77. The predicted molar refractivity (Wildman–Crippen MR) is 83.2 cm³/mol. The molecule has 0 heterocycles. The van der Waals surface area contributed by atoms with Gasteiger partial charge in [0.25, 0.3) is 0 Å². The van der Waals surface area contributed by atoms with Crippen molar-refractivity contribution < 1.29 is 14.3 Å². The monoisotopic (exact) mass is 297 g/mol. The summed E-state index contributed by atoms with van der Waals surface area (Å²) in [6.07, 6.45) is 9.74. The van der Waals surface area contributed by atoms with Gasteiger partial charge in [0.2, 0.25) is 0 Å². The van der Waals surface area contributed by atoms with Gasteiger partial charge in [-0.1, -0.05) is 26.2 Å². The molecule has 2 fully saturated rings. The van der Waals surface area contributed by atoms with Crippen LogP contribution in [0.2, 0.25) is 0 Å². The van der Waals surface area contributed by atoms with E-state index in [4.69, 9.17) is 9.47 Å². The van der Waals surface area contributed by atoms with Gasteiger partial charge in [-0.3, -0.25) is 4.79 Å². The summed E-state index contributed by atoms with van der Waals surface area (Å²) >= 11 is 0. The smallest absolute Gasteiger partial charge is 0.323 e. The number of carbonyl (C=O) groups is 1.